The average Bonchev–Trinajstić information content (AvgIpc) is 3.72. The second-order valence-electron chi connectivity index (χ2n) is 14.6. The Bertz CT molecular complexity index is 2850. The molecule has 2 heterocycles. The van der Waals surface area contributed by atoms with Crippen LogP contribution in [-0.2, 0) is 59.5 Å². The lowest BCUT2D eigenvalue weighted by Crippen LogP contribution is -2.26. The molecule has 4 aromatic carbocycles. The number of ether oxygens (including phenoxy) is 4. The average molecular weight is 919 g/mol. The number of alkyl halides is 4. The van der Waals surface area contributed by atoms with Crippen LogP contribution in [-0.4, -0.2) is 40.6 Å². The van der Waals surface area contributed by atoms with E-state index in [-0.39, 0.29) is 69.7 Å². The van der Waals surface area contributed by atoms with E-state index >= 15 is 8.78 Å². The third-order valence-electron chi connectivity index (χ3n) is 10.00. The van der Waals surface area contributed by atoms with Crippen molar-refractivity contribution in [3.63, 3.8) is 0 Å². The highest BCUT2D eigenvalue weighted by molar-refractivity contribution is 5.77. The molecule has 0 bridgehead atoms. The van der Waals surface area contributed by atoms with Gasteiger partial charge in [-0.2, -0.15) is 30.1 Å². The molecule has 0 aliphatic heterocycles. The largest absolute Gasteiger partial charge is 0.454 e. The molecular weight excluding hydrogens is 883 g/mol. The van der Waals surface area contributed by atoms with E-state index in [1.807, 2.05) is 0 Å². The van der Waals surface area contributed by atoms with Crippen LogP contribution in [0.4, 0.5) is 26.3 Å². The maximum atomic E-state index is 15.8. The molecule has 0 saturated heterocycles. The molecule has 6 aromatic rings. The van der Waals surface area contributed by atoms with Crippen LogP contribution in [0.15, 0.2) is 70.3 Å². The molecule has 2 aromatic heterocycles. The Morgan fingerprint density at radius 3 is 1.36 bits per heavy atom. The third-order valence-corrected chi connectivity index (χ3v) is 10.00. The molecule has 16 nitrogen and oxygen atoms in total. The monoisotopic (exact) mass is 918 g/mol. The molecule has 0 fully saturated rings. The predicted octanol–water partition coefficient (Wildman–Crippen LogP) is 7.24. The molecule has 6 rings (SSSR count). The van der Waals surface area contributed by atoms with Crippen molar-refractivity contribution in [1.29, 1.82) is 10.5 Å². The smallest absolute Gasteiger partial charge is 0.348 e. The first-order chi connectivity index (χ1) is 31.4. The highest BCUT2D eigenvalue weighted by Crippen LogP contribution is 2.35. The number of aromatic nitrogens is 6. The van der Waals surface area contributed by atoms with Gasteiger partial charge in [-0.25, -0.2) is 35.9 Å². The molecule has 0 atom stereocenters. The number of esters is 2. The third kappa shape index (κ3) is 10.8. The highest BCUT2D eigenvalue weighted by atomic mass is 19.3. The van der Waals surface area contributed by atoms with Gasteiger partial charge in [0, 0.05) is 38.1 Å². The van der Waals surface area contributed by atoms with E-state index in [9.17, 15) is 47.3 Å². The van der Waals surface area contributed by atoms with Crippen LogP contribution in [0, 0.1) is 48.1 Å². The molecule has 0 saturated carbocycles. The summed E-state index contributed by atoms with van der Waals surface area (Å²) in [6, 6.07) is 15.7. The van der Waals surface area contributed by atoms with Crippen molar-refractivity contribution in [3.8, 4) is 35.1 Å². The topological polar surface area (TPSA) is 198 Å². The van der Waals surface area contributed by atoms with Crippen molar-refractivity contribution in [1.82, 2.24) is 28.7 Å². The molecule has 0 unspecified atom stereocenters. The number of benzene rings is 4. The number of hydrogen-bond acceptors (Lipinski definition) is 12. The Morgan fingerprint density at radius 2 is 1.02 bits per heavy atom. The van der Waals surface area contributed by atoms with Gasteiger partial charge < -0.3 is 18.9 Å². The van der Waals surface area contributed by atoms with Gasteiger partial charge in [0.25, 0.3) is 12.9 Å². The lowest BCUT2D eigenvalue weighted by molar-refractivity contribution is -0.154. The molecule has 66 heavy (non-hydrogen) atoms. The van der Waals surface area contributed by atoms with Gasteiger partial charge in [-0.3, -0.25) is 18.7 Å². The zero-order valence-corrected chi connectivity index (χ0v) is 35.3. The SMILES string of the molecule is Cc1ccc(Cc2nn(COC(=O)CCC(=O)OCn3nc(Cc4ccc(C)c(Oc5cc(C#N)cc(C(F)F)c5)c4F)n(C)c3=O)c(=O)n2C)c(F)c1Oc1cc(C#N)cc(C(F)F)c1. The van der Waals surface area contributed by atoms with E-state index in [0.29, 0.717) is 11.1 Å². The Hall–Kier alpha value is -8.14. The first-order valence-electron chi connectivity index (χ1n) is 19.5. The van der Waals surface area contributed by atoms with Crippen LogP contribution in [0.1, 0.15) is 81.8 Å². The lowest BCUT2D eigenvalue weighted by Gasteiger charge is -2.14. The summed E-state index contributed by atoms with van der Waals surface area (Å²) in [6.45, 7) is 1.69. The summed E-state index contributed by atoms with van der Waals surface area (Å²) in [4.78, 5) is 50.8. The standard InChI is InChI=1S/C44H36F6N8O8/c1-23-5-7-27(37(45)39(23)65-31-13-25(19-51)11-29(15-31)41(47)48)17-33-53-57(43(61)55(33)3)21-63-35(59)9-10-36(60)64-22-58-44(62)56(4)34(54-58)18-28-8-6-24(2)40(38(28)46)66-32-14-26(20-52)12-30(16-32)42(49)50/h5-8,11-16,41-42H,9-10,17-18,21-22H2,1-4H3. The molecule has 0 N–H and O–H groups in total. The first kappa shape index (κ1) is 47.3. The van der Waals surface area contributed by atoms with Gasteiger partial charge in [-0.15, -0.1) is 0 Å². The van der Waals surface area contributed by atoms with E-state index in [0.717, 1.165) is 42.8 Å². The molecule has 0 spiro atoms. The van der Waals surface area contributed by atoms with Gasteiger partial charge >= 0.3 is 23.3 Å². The Kier molecular flexibility index (Phi) is 14.4. The lowest BCUT2D eigenvalue weighted by atomic mass is 10.1. The number of halogens is 6. The van der Waals surface area contributed by atoms with E-state index in [4.69, 9.17) is 18.9 Å². The van der Waals surface area contributed by atoms with Crippen molar-refractivity contribution in [2.45, 2.75) is 65.8 Å². The van der Waals surface area contributed by atoms with Crippen molar-refractivity contribution < 1.29 is 54.9 Å². The minimum Gasteiger partial charge on any atom is -0.454 e. The number of nitrogens with zero attached hydrogens (tertiary/aromatic N) is 8. The normalized spacial score (nSPS) is 11.1. The van der Waals surface area contributed by atoms with Crippen LogP contribution < -0.4 is 20.9 Å². The molecule has 0 amide bonds. The fourth-order valence-electron chi connectivity index (χ4n) is 6.39. The van der Waals surface area contributed by atoms with Crippen LogP contribution >= 0.6 is 0 Å². The number of carbonyl (C=O) groups excluding carboxylic acids is 2. The molecule has 0 aliphatic rings. The minimum atomic E-state index is -2.91. The zero-order chi connectivity index (χ0) is 48.0. The summed E-state index contributed by atoms with van der Waals surface area (Å²) in [7, 11) is 2.69. The summed E-state index contributed by atoms with van der Waals surface area (Å²) in [5.41, 5.74) is -2.05. The van der Waals surface area contributed by atoms with Crippen molar-refractivity contribution in [2.75, 3.05) is 0 Å². The van der Waals surface area contributed by atoms with Crippen molar-refractivity contribution in [2.24, 2.45) is 14.1 Å². The van der Waals surface area contributed by atoms with Gasteiger partial charge in [0.2, 0.25) is 0 Å². The number of nitriles is 2. The van der Waals surface area contributed by atoms with Crippen molar-refractivity contribution >= 4 is 11.9 Å². The second kappa shape index (κ2) is 20.1. The molecule has 0 aliphatic carbocycles. The van der Waals surface area contributed by atoms with Gasteiger partial charge in [0.15, 0.2) is 36.6 Å². The van der Waals surface area contributed by atoms with Gasteiger partial charge in [-0.1, -0.05) is 24.3 Å². The number of carbonyl (C=O) groups is 2. The maximum Gasteiger partial charge on any atom is 0.348 e. The zero-order valence-electron chi connectivity index (χ0n) is 35.3. The van der Waals surface area contributed by atoms with Crippen molar-refractivity contribution in [3.05, 3.63) is 149 Å². The van der Waals surface area contributed by atoms with Crippen LogP contribution in [0.5, 0.6) is 23.0 Å². The first-order valence-corrected chi connectivity index (χ1v) is 19.5. The van der Waals surface area contributed by atoms with Crippen LogP contribution in [0.2, 0.25) is 0 Å². The minimum absolute atomic E-state index is 0.0117. The maximum absolute atomic E-state index is 15.8. The van der Waals surface area contributed by atoms with Gasteiger partial charge in [0.05, 0.1) is 36.1 Å². The summed E-state index contributed by atoms with van der Waals surface area (Å²) in [5, 5.41) is 26.7. The number of hydrogen-bond donors (Lipinski definition) is 0. The Balaban J connectivity index is 1.02. The molecular formula is C44H36F6N8O8. The number of aryl methyl sites for hydroxylation is 2. The molecule has 0 radical (unpaired) electrons. The summed E-state index contributed by atoms with van der Waals surface area (Å²) in [6.07, 6.45) is -7.35. The quantitative estimate of drug-likeness (QED) is 0.0658. The van der Waals surface area contributed by atoms with Crippen LogP contribution in [0.3, 0.4) is 0 Å². The Morgan fingerprint density at radius 1 is 0.636 bits per heavy atom. The Labute approximate surface area is 370 Å². The van der Waals surface area contributed by atoms with E-state index in [2.05, 4.69) is 10.2 Å². The fourth-order valence-corrected chi connectivity index (χ4v) is 6.39. The second-order valence-corrected chi connectivity index (χ2v) is 14.6. The van der Waals surface area contributed by atoms with E-state index < -0.39 is 85.2 Å². The van der Waals surface area contributed by atoms with E-state index in [1.165, 1.54) is 64.3 Å². The molecule has 342 valence electrons. The van der Waals surface area contributed by atoms with Gasteiger partial charge in [0.1, 0.15) is 23.1 Å². The van der Waals surface area contributed by atoms with Crippen LogP contribution in [0.25, 0.3) is 0 Å². The van der Waals surface area contributed by atoms with E-state index in [1.54, 1.807) is 12.1 Å². The summed E-state index contributed by atoms with van der Waals surface area (Å²) >= 11 is 0. The molecule has 22 heteroatoms. The number of rotatable bonds is 17. The highest BCUT2D eigenvalue weighted by Gasteiger charge is 2.22. The van der Waals surface area contributed by atoms with Gasteiger partial charge in [-0.05, 0) is 72.5 Å². The summed E-state index contributed by atoms with van der Waals surface area (Å²) in [5.74, 6) is -4.50. The fraction of sp³-hybridized carbons (Fsp3) is 0.273. The predicted molar refractivity (Wildman–Crippen MR) is 217 cm³/mol. The summed E-state index contributed by atoms with van der Waals surface area (Å²) < 4.78 is 110.